The zero-order valence-electron chi connectivity index (χ0n) is 18.1. The highest BCUT2D eigenvalue weighted by Gasteiger charge is 2.25. The summed E-state index contributed by atoms with van der Waals surface area (Å²) in [6.07, 6.45) is 2.97. The molecule has 1 amide bonds. The third kappa shape index (κ3) is 5.25. The minimum absolute atomic E-state index is 0.0268. The second-order valence-corrected chi connectivity index (χ2v) is 9.81. The quantitative estimate of drug-likeness (QED) is 0.638. The molecular weight excluding hydrogens is 416 g/mol. The molecule has 3 rings (SSSR count). The number of nitrogens with zero attached hydrogens (tertiary/aromatic N) is 2. The van der Waals surface area contributed by atoms with Crippen LogP contribution in [0.15, 0.2) is 53.4 Å². The minimum atomic E-state index is -3.87. The number of aryl methyl sites for hydroxylation is 1. The van der Waals surface area contributed by atoms with Gasteiger partial charge < -0.3 is 9.64 Å². The van der Waals surface area contributed by atoms with Gasteiger partial charge in [0.1, 0.15) is 0 Å². The third-order valence-corrected chi connectivity index (χ3v) is 7.36. The molecule has 31 heavy (non-hydrogen) atoms. The van der Waals surface area contributed by atoms with Crippen molar-refractivity contribution < 1.29 is 22.7 Å². The number of ether oxygens (including phenoxy) is 1. The molecule has 0 unspecified atom stereocenters. The minimum Gasteiger partial charge on any atom is -0.452 e. The predicted octanol–water partition coefficient (Wildman–Crippen LogP) is 3.38. The molecule has 0 N–H and O–H groups in total. The van der Waals surface area contributed by atoms with Crippen molar-refractivity contribution in [2.24, 2.45) is 0 Å². The molecule has 1 fully saturated rings. The van der Waals surface area contributed by atoms with Crippen molar-refractivity contribution >= 4 is 27.6 Å². The highest BCUT2D eigenvalue weighted by atomic mass is 32.2. The second kappa shape index (κ2) is 9.51. The van der Waals surface area contributed by atoms with Crippen molar-refractivity contribution in [1.29, 1.82) is 0 Å². The fourth-order valence-corrected chi connectivity index (χ4v) is 4.84. The summed E-state index contributed by atoms with van der Waals surface area (Å²) in [5.41, 5.74) is 1.62. The Morgan fingerprint density at radius 1 is 1.13 bits per heavy atom. The maximum atomic E-state index is 13.0. The first kappa shape index (κ1) is 22.8. The summed E-state index contributed by atoms with van der Waals surface area (Å²) in [6.45, 7) is 4.21. The van der Waals surface area contributed by atoms with Crippen molar-refractivity contribution in [3.63, 3.8) is 0 Å². The number of hydrogen-bond donors (Lipinski definition) is 0. The molecular formula is C23H28N2O5S. The summed E-state index contributed by atoms with van der Waals surface area (Å²) in [7, 11) is -2.40. The lowest BCUT2D eigenvalue weighted by Gasteiger charge is -2.33. The Kier molecular flexibility index (Phi) is 7.00. The molecule has 0 aliphatic carbocycles. The molecule has 0 radical (unpaired) electrons. The van der Waals surface area contributed by atoms with E-state index in [4.69, 9.17) is 4.74 Å². The van der Waals surface area contributed by atoms with Gasteiger partial charge in [-0.1, -0.05) is 23.8 Å². The smallest absolute Gasteiger partial charge is 0.338 e. The monoisotopic (exact) mass is 444 g/mol. The van der Waals surface area contributed by atoms with E-state index in [1.165, 1.54) is 31.3 Å². The van der Waals surface area contributed by atoms with E-state index in [1.54, 1.807) is 17.0 Å². The number of likely N-dealkylation sites (tertiary alicyclic amines) is 1. The average Bonchev–Trinajstić information content (AvgIpc) is 2.77. The van der Waals surface area contributed by atoms with Gasteiger partial charge in [-0.15, -0.1) is 0 Å². The number of benzene rings is 2. The number of esters is 1. The maximum Gasteiger partial charge on any atom is 0.338 e. The number of carbonyl (C=O) groups is 2. The van der Waals surface area contributed by atoms with Gasteiger partial charge in [0.15, 0.2) is 6.61 Å². The Labute approximate surface area is 183 Å². The fourth-order valence-electron chi connectivity index (χ4n) is 3.60. The van der Waals surface area contributed by atoms with Crippen LogP contribution in [0.4, 0.5) is 5.69 Å². The molecule has 1 heterocycles. The van der Waals surface area contributed by atoms with Crippen LogP contribution in [0.1, 0.15) is 42.1 Å². The molecule has 0 spiro atoms. The number of rotatable bonds is 6. The number of piperidine rings is 1. The van der Waals surface area contributed by atoms with Crippen LogP contribution in [0.3, 0.4) is 0 Å². The number of sulfonamides is 1. The summed E-state index contributed by atoms with van der Waals surface area (Å²) in [6, 6.07) is 12.9. The van der Waals surface area contributed by atoms with Gasteiger partial charge >= 0.3 is 5.97 Å². The first-order valence-corrected chi connectivity index (χ1v) is 11.8. The van der Waals surface area contributed by atoms with Crippen LogP contribution in [0.25, 0.3) is 0 Å². The van der Waals surface area contributed by atoms with E-state index in [-0.39, 0.29) is 29.0 Å². The van der Waals surface area contributed by atoms with Crippen molar-refractivity contribution in [1.82, 2.24) is 4.90 Å². The van der Waals surface area contributed by atoms with Crippen LogP contribution >= 0.6 is 0 Å². The number of hydrogen-bond acceptors (Lipinski definition) is 5. The fraction of sp³-hybridized carbons (Fsp3) is 0.391. The highest BCUT2D eigenvalue weighted by molar-refractivity contribution is 7.92. The molecule has 7 nitrogen and oxygen atoms in total. The number of amides is 1. The topological polar surface area (TPSA) is 84.0 Å². The zero-order chi connectivity index (χ0) is 22.6. The van der Waals surface area contributed by atoms with Crippen LogP contribution in [0.5, 0.6) is 0 Å². The van der Waals surface area contributed by atoms with E-state index in [2.05, 4.69) is 0 Å². The van der Waals surface area contributed by atoms with Gasteiger partial charge in [-0.25, -0.2) is 13.2 Å². The molecule has 2 aromatic rings. The molecule has 1 aliphatic heterocycles. The van der Waals surface area contributed by atoms with Crippen LogP contribution in [0.2, 0.25) is 0 Å². The van der Waals surface area contributed by atoms with Crippen molar-refractivity contribution in [3.8, 4) is 0 Å². The highest BCUT2D eigenvalue weighted by Crippen LogP contribution is 2.23. The first-order chi connectivity index (χ1) is 14.7. The molecule has 0 saturated carbocycles. The summed E-state index contributed by atoms with van der Waals surface area (Å²) in [5, 5.41) is 0. The van der Waals surface area contributed by atoms with E-state index in [0.29, 0.717) is 12.2 Å². The largest absolute Gasteiger partial charge is 0.452 e. The normalized spacial score (nSPS) is 16.6. The lowest BCUT2D eigenvalue weighted by atomic mass is 10.0. The van der Waals surface area contributed by atoms with Crippen LogP contribution in [0, 0.1) is 6.92 Å². The molecule has 0 bridgehead atoms. The molecule has 1 aliphatic rings. The van der Waals surface area contributed by atoms with Crippen molar-refractivity contribution in [2.45, 2.75) is 44.0 Å². The number of carbonyl (C=O) groups excluding carboxylic acids is 2. The van der Waals surface area contributed by atoms with Gasteiger partial charge in [0, 0.05) is 19.6 Å². The summed E-state index contributed by atoms with van der Waals surface area (Å²) in [4.78, 5) is 26.6. The summed E-state index contributed by atoms with van der Waals surface area (Å²) < 4.78 is 32.4. The lowest BCUT2D eigenvalue weighted by Crippen LogP contribution is -2.44. The van der Waals surface area contributed by atoms with E-state index >= 15 is 0 Å². The van der Waals surface area contributed by atoms with E-state index in [9.17, 15) is 18.0 Å². The SMILES string of the molecule is Cc1ccc(N(C)S(=O)(=O)c2cccc(C(=O)OCC(=O)N3CCCC[C@@H]3C)c2)cc1. The first-order valence-electron chi connectivity index (χ1n) is 10.3. The third-order valence-electron chi connectivity index (χ3n) is 5.58. The average molecular weight is 445 g/mol. The lowest BCUT2D eigenvalue weighted by molar-refractivity contribution is -0.137. The molecule has 2 aromatic carbocycles. The van der Waals surface area contributed by atoms with Gasteiger partial charge in [0.2, 0.25) is 0 Å². The standard InChI is InChI=1S/C23H28N2O5S/c1-17-10-12-20(13-11-17)24(3)31(28,29)21-9-6-8-19(15-21)23(27)30-16-22(26)25-14-5-4-7-18(25)2/h6,8-13,15,18H,4-5,7,14,16H2,1-3H3/t18-/m0/s1. The Hall–Kier alpha value is -2.87. The molecule has 1 saturated heterocycles. The van der Waals surface area contributed by atoms with Crippen molar-refractivity contribution in [3.05, 3.63) is 59.7 Å². The van der Waals surface area contributed by atoms with Gasteiger partial charge in [-0.05, 0) is 63.4 Å². The summed E-state index contributed by atoms with van der Waals surface area (Å²) in [5.74, 6) is -0.962. The number of anilines is 1. The maximum absolute atomic E-state index is 13.0. The molecule has 166 valence electrons. The van der Waals surface area contributed by atoms with Crippen LogP contribution in [-0.2, 0) is 19.6 Å². The van der Waals surface area contributed by atoms with Crippen LogP contribution < -0.4 is 4.31 Å². The Morgan fingerprint density at radius 2 is 1.84 bits per heavy atom. The van der Waals surface area contributed by atoms with E-state index < -0.39 is 16.0 Å². The van der Waals surface area contributed by atoms with E-state index in [1.807, 2.05) is 26.0 Å². The zero-order valence-corrected chi connectivity index (χ0v) is 18.9. The van der Waals surface area contributed by atoms with Gasteiger partial charge in [0.05, 0.1) is 16.1 Å². The Bertz CT molecular complexity index is 1050. The Morgan fingerprint density at radius 3 is 2.52 bits per heavy atom. The molecule has 1 atom stereocenters. The summed E-state index contributed by atoms with van der Waals surface area (Å²) >= 11 is 0. The molecule has 8 heteroatoms. The van der Waals surface area contributed by atoms with Gasteiger partial charge in [0.25, 0.3) is 15.9 Å². The predicted molar refractivity (Wildman–Crippen MR) is 119 cm³/mol. The molecule has 0 aromatic heterocycles. The van der Waals surface area contributed by atoms with Crippen LogP contribution in [-0.4, -0.2) is 51.4 Å². The van der Waals surface area contributed by atoms with Crippen molar-refractivity contribution in [2.75, 3.05) is 24.5 Å². The second-order valence-electron chi connectivity index (χ2n) is 7.84. The van der Waals surface area contributed by atoms with Gasteiger partial charge in [-0.2, -0.15) is 0 Å². The van der Waals surface area contributed by atoms with Gasteiger partial charge in [-0.3, -0.25) is 9.10 Å². The van der Waals surface area contributed by atoms with E-state index in [0.717, 1.165) is 29.1 Å². The Balaban J connectivity index is 1.70.